The van der Waals surface area contributed by atoms with Crippen LogP contribution in [0, 0.1) is 0 Å². The van der Waals surface area contributed by atoms with Crippen molar-refractivity contribution in [2.24, 2.45) is 0 Å². The van der Waals surface area contributed by atoms with E-state index in [1.807, 2.05) is 0 Å². The van der Waals surface area contributed by atoms with Crippen molar-refractivity contribution in [1.29, 1.82) is 0 Å². The number of hydrogen-bond donors (Lipinski definition) is 0. The molecule has 1 nitrogen and oxygen atoms in total. The Morgan fingerprint density at radius 2 is 0.698 bits per heavy atom. The van der Waals surface area contributed by atoms with Gasteiger partial charge in [-0.15, -0.1) is 0 Å². The summed E-state index contributed by atoms with van der Waals surface area (Å²) in [6, 6.07) is 68.8. The molecule has 10 aromatic rings. The van der Waals surface area contributed by atoms with E-state index < -0.39 is 0 Å². The van der Waals surface area contributed by atoms with E-state index in [1.54, 1.807) is 0 Å². The number of hydrogen-bond acceptors (Lipinski definition) is 0. The number of nitrogens with zero attached hydrogens (tertiary/aromatic N) is 1. The van der Waals surface area contributed by atoms with Gasteiger partial charge < -0.3 is 4.57 Å². The third kappa shape index (κ3) is 5.87. The largest absolute Gasteiger partial charge is 0.309 e. The summed E-state index contributed by atoms with van der Waals surface area (Å²) in [7, 11) is 0. The summed E-state index contributed by atoms with van der Waals surface area (Å²) >= 11 is 7.39. The molecule has 0 bridgehead atoms. The number of rotatable bonds is 5. The van der Waals surface area contributed by atoms with E-state index in [1.165, 1.54) is 87.9 Å². The summed E-state index contributed by atoms with van der Waals surface area (Å²) in [5.74, 6) is 0. The number of halogens is 2. The Bertz CT molecular complexity index is 2810. The van der Waals surface area contributed by atoms with E-state index in [4.69, 9.17) is 0 Å². The van der Waals surface area contributed by atoms with Gasteiger partial charge in [0.1, 0.15) is 0 Å². The van der Waals surface area contributed by atoms with Crippen LogP contribution in [-0.4, -0.2) is 4.57 Å². The molecule has 0 aliphatic rings. The predicted molar refractivity (Wildman–Crippen MR) is 233 cm³/mol. The SMILES string of the molecule is Brc1ccc2ccc(-c3cc(-c4ccc5ccc(Br)cc5c4)cc(-n4c5ccc(-c6ccccc6)cc5c5cc(-c6ccccc6)ccc54)c3)cc2c1. The second kappa shape index (κ2) is 13.0. The first-order valence-electron chi connectivity index (χ1n) is 17.8. The van der Waals surface area contributed by atoms with Crippen molar-refractivity contribution in [2.45, 2.75) is 0 Å². The third-order valence-electron chi connectivity index (χ3n) is 10.4. The normalized spacial score (nSPS) is 11.6. The predicted octanol–water partition coefficient (Wildman–Crippen LogP) is 15.3. The van der Waals surface area contributed by atoms with Gasteiger partial charge in [0.25, 0.3) is 0 Å². The van der Waals surface area contributed by atoms with Gasteiger partial charge in [-0.1, -0.05) is 141 Å². The molecule has 0 aliphatic carbocycles. The lowest BCUT2D eigenvalue weighted by atomic mass is 9.95. The van der Waals surface area contributed by atoms with Gasteiger partial charge in [0.2, 0.25) is 0 Å². The van der Waals surface area contributed by atoms with Gasteiger partial charge in [-0.3, -0.25) is 0 Å². The van der Waals surface area contributed by atoms with Crippen LogP contribution in [0.15, 0.2) is 197 Å². The van der Waals surface area contributed by atoms with Crippen molar-refractivity contribution in [3.05, 3.63) is 197 Å². The van der Waals surface area contributed by atoms with E-state index in [2.05, 4.69) is 224 Å². The zero-order valence-electron chi connectivity index (χ0n) is 28.6. The average Bonchev–Trinajstić information content (AvgIpc) is 3.54. The smallest absolute Gasteiger partial charge is 0.0541 e. The monoisotopic (exact) mass is 803 g/mol. The fourth-order valence-electron chi connectivity index (χ4n) is 7.79. The Hall–Kier alpha value is -5.74. The molecule has 3 heteroatoms. The van der Waals surface area contributed by atoms with Gasteiger partial charge in [0.05, 0.1) is 11.0 Å². The van der Waals surface area contributed by atoms with Crippen LogP contribution in [-0.2, 0) is 0 Å². The first-order chi connectivity index (χ1) is 26.0. The molecule has 0 atom stereocenters. The number of benzene rings is 9. The van der Waals surface area contributed by atoms with Crippen molar-refractivity contribution in [3.63, 3.8) is 0 Å². The van der Waals surface area contributed by atoms with Crippen LogP contribution in [0.4, 0.5) is 0 Å². The zero-order valence-corrected chi connectivity index (χ0v) is 31.8. The Labute approximate surface area is 325 Å². The zero-order chi connectivity index (χ0) is 35.5. The van der Waals surface area contributed by atoms with Crippen molar-refractivity contribution >= 4 is 75.2 Å². The lowest BCUT2D eigenvalue weighted by Gasteiger charge is -2.15. The van der Waals surface area contributed by atoms with Crippen LogP contribution in [0.5, 0.6) is 0 Å². The maximum atomic E-state index is 3.70. The second-order valence-electron chi connectivity index (χ2n) is 13.7. The minimum atomic E-state index is 1.08. The molecule has 0 spiro atoms. The second-order valence-corrected chi connectivity index (χ2v) is 15.5. The Morgan fingerprint density at radius 3 is 1.17 bits per heavy atom. The highest BCUT2D eigenvalue weighted by Crippen LogP contribution is 2.40. The summed E-state index contributed by atoms with van der Waals surface area (Å²) in [5, 5.41) is 7.32. The molecular weight excluding hydrogens is 774 g/mol. The summed E-state index contributed by atoms with van der Waals surface area (Å²) in [6.07, 6.45) is 0. The fraction of sp³-hybridized carbons (Fsp3) is 0. The van der Waals surface area contributed by atoms with Gasteiger partial charge in [-0.2, -0.15) is 0 Å². The van der Waals surface area contributed by atoms with Gasteiger partial charge in [-0.05, 0) is 145 Å². The molecule has 250 valence electrons. The average molecular weight is 806 g/mol. The van der Waals surface area contributed by atoms with Crippen molar-refractivity contribution in [3.8, 4) is 50.2 Å². The summed E-state index contributed by atoms with van der Waals surface area (Å²) < 4.78 is 4.61. The molecule has 0 fully saturated rings. The first kappa shape index (κ1) is 32.0. The molecule has 0 N–H and O–H groups in total. The van der Waals surface area contributed by atoms with Gasteiger partial charge >= 0.3 is 0 Å². The molecule has 1 heterocycles. The third-order valence-corrected chi connectivity index (χ3v) is 11.4. The molecule has 1 aromatic heterocycles. The molecule has 9 aromatic carbocycles. The molecule has 0 saturated carbocycles. The maximum absolute atomic E-state index is 3.70. The van der Waals surface area contributed by atoms with Crippen LogP contribution in [0.25, 0.3) is 93.5 Å². The van der Waals surface area contributed by atoms with Crippen LogP contribution in [0.3, 0.4) is 0 Å². The molecule has 53 heavy (non-hydrogen) atoms. The standard InChI is InChI=1S/C50H31Br2N/c51-44-19-15-34-11-13-36(23-40(34)26-44)42-25-43(37-14-12-35-16-20-45(52)27-41(35)24-37)29-46(28-42)53-49-21-17-38(32-7-3-1-4-8-32)30-47(49)48-31-39(18-22-50(48)53)33-9-5-2-6-10-33/h1-31H. The van der Waals surface area contributed by atoms with E-state index in [0.29, 0.717) is 0 Å². The lowest BCUT2D eigenvalue weighted by Crippen LogP contribution is -1.96. The highest BCUT2D eigenvalue weighted by atomic mass is 79.9. The van der Waals surface area contributed by atoms with Gasteiger partial charge in [-0.25, -0.2) is 0 Å². The van der Waals surface area contributed by atoms with E-state index >= 15 is 0 Å². The number of fused-ring (bicyclic) bond motifs is 5. The van der Waals surface area contributed by atoms with Gasteiger partial charge in [0.15, 0.2) is 0 Å². The minimum absolute atomic E-state index is 1.08. The molecule has 0 amide bonds. The van der Waals surface area contributed by atoms with E-state index in [9.17, 15) is 0 Å². The molecule has 0 aliphatic heterocycles. The fourth-order valence-corrected chi connectivity index (χ4v) is 8.55. The lowest BCUT2D eigenvalue weighted by molar-refractivity contribution is 1.18. The van der Waals surface area contributed by atoms with Crippen molar-refractivity contribution in [1.82, 2.24) is 4.57 Å². The minimum Gasteiger partial charge on any atom is -0.309 e. The maximum Gasteiger partial charge on any atom is 0.0541 e. The van der Waals surface area contributed by atoms with Crippen LogP contribution >= 0.6 is 31.9 Å². The highest BCUT2D eigenvalue weighted by molar-refractivity contribution is 9.10. The van der Waals surface area contributed by atoms with Crippen molar-refractivity contribution < 1.29 is 0 Å². The quantitative estimate of drug-likeness (QED) is 0.163. The Morgan fingerprint density at radius 1 is 0.283 bits per heavy atom. The summed E-state index contributed by atoms with van der Waals surface area (Å²) in [6.45, 7) is 0. The van der Waals surface area contributed by atoms with Crippen LogP contribution in [0.1, 0.15) is 0 Å². The highest BCUT2D eigenvalue weighted by Gasteiger charge is 2.17. The van der Waals surface area contributed by atoms with Crippen LogP contribution < -0.4 is 0 Å². The van der Waals surface area contributed by atoms with Crippen LogP contribution in [0.2, 0.25) is 0 Å². The number of aromatic nitrogens is 1. The summed E-state index contributed by atoms with van der Waals surface area (Å²) in [4.78, 5) is 0. The van der Waals surface area contributed by atoms with E-state index in [-0.39, 0.29) is 0 Å². The Kier molecular flexibility index (Phi) is 7.86. The molecular formula is C50H31Br2N. The summed E-state index contributed by atoms with van der Waals surface area (Å²) in [5.41, 5.74) is 13.0. The topological polar surface area (TPSA) is 4.93 Å². The molecule has 10 rings (SSSR count). The van der Waals surface area contributed by atoms with E-state index in [0.717, 1.165) is 14.6 Å². The Balaban J connectivity index is 1.25. The first-order valence-corrected chi connectivity index (χ1v) is 19.4. The molecule has 0 radical (unpaired) electrons. The van der Waals surface area contributed by atoms with Crippen molar-refractivity contribution in [2.75, 3.05) is 0 Å². The molecule has 0 unspecified atom stereocenters. The van der Waals surface area contributed by atoms with Gasteiger partial charge in [0, 0.05) is 25.4 Å². The molecule has 0 saturated heterocycles.